The van der Waals surface area contributed by atoms with Gasteiger partial charge in [0, 0.05) is 5.39 Å². The first kappa shape index (κ1) is 12.3. The minimum absolute atomic E-state index is 0. The molecule has 0 aliphatic heterocycles. The second-order valence-electron chi connectivity index (χ2n) is 2.79. The van der Waals surface area contributed by atoms with Crippen LogP contribution in [0.2, 0.25) is 0 Å². The third-order valence-corrected chi connectivity index (χ3v) is 1.85. The van der Waals surface area contributed by atoms with Crippen molar-refractivity contribution >= 4 is 23.4 Å². The van der Waals surface area contributed by atoms with Gasteiger partial charge in [0.25, 0.3) is 0 Å². The average Bonchev–Trinajstić information content (AvgIpc) is 2.47. The van der Waals surface area contributed by atoms with E-state index >= 15 is 0 Å². The Hall–Kier alpha value is 0.251. The summed E-state index contributed by atoms with van der Waals surface area (Å²) in [5.41, 5.74) is -0.113. The van der Waals surface area contributed by atoms with E-state index in [2.05, 4.69) is 0 Å². The van der Waals surface area contributed by atoms with Gasteiger partial charge in [-0.15, -0.1) is 5.46 Å². The maximum absolute atomic E-state index is 12.3. The number of rotatable bonds is 1. The molecule has 1 aromatic heterocycles. The molecule has 0 fully saturated rings. The van der Waals surface area contributed by atoms with Gasteiger partial charge >= 0.3 is 58.4 Å². The predicted molar refractivity (Wildman–Crippen MR) is 44.9 cm³/mol. The second-order valence-corrected chi connectivity index (χ2v) is 2.79. The quantitative estimate of drug-likeness (QED) is 0.595. The zero-order valence-corrected chi connectivity index (χ0v) is 10.6. The van der Waals surface area contributed by atoms with Crippen LogP contribution in [0.15, 0.2) is 34.9 Å². The topological polar surface area (TPSA) is 13.1 Å². The average molecular weight is 224 g/mol. The van der Waals surface area contributed by atoms with Gasteiger partial charge in [-0.2, -0.15) is 0 Å². The van der Waals surface area contributed by atoms with Crippen LogP contribution in [0, 0.1) is 0 Å². The fraction of sp³-hybridized carbons (Fsp3) is 0. The van der Waals surface area contributed by atoms with Crippen LogP contribution >= 0.6 is 0 Å². The summed E-state index contributed by atoms with van der Waals surface area (Å²) in [7, 11) is 0. The molecule has 1 heterocycles. The fourth-order valence-corrected chi connectivity index (χ4v) is 1.19. The van der Waals surface area contributed by atoms with Crippen molar-refractivity contribution in [1.82, 2.24) is 0 Å². The van der Waals surface area contributed by atoms with Crippen LogP contribution in [0.3, 0.4) is 0 Å². The number of hydrogen-bond donors (Lipinski definition) is 0. The molecule has 0 aliphatic rings. The van der Waals surface area contributed by atoms with E-state index in [1.165, 1.54) is 18.4 Å². The van der Waals surface area contributed by atoms with Crippen molar-refractivity contribution in [2.24, 2.45) is 0 Å². The van der Waals surface area contributed by atoms with E-state index < -0.39 is 12.4 Å². The third kappa shape index (κ3) is 2.43. The van der Waals surface area contributed by atoms with Crippen LogP contribution in [-0.2, 0) is 0 Å². The molecule has 0 radical (unpaired) electrons. The van der Waals surface area contributed by atoms with Crippen LogP contribution in [0.5, 0.6) is 0 Å². The summed E-state index contributed by atoms with van der Waals surface area (Å²) in [6, 6.07) is 4.98. The van der Waals surface area contributed by atoms with Crippen LogP contribution < -0.4 is 56.8 Å². The van der Waals surface area contributed by atoms with Gasteiger partial charge in [-0.1, -0.05) is 12.1 Å². The summed E-state index contributed by atoms with van der Waals surface area (Å²) >= 11 is 0. The molecule has 0 unspecified atom stereocenters. The number of benzene rings is 1. The first-order chi connectivity index (χ1) is 6.07. The maximum Gasteiger partial charge on any atom is 1.00 e. The molecule has 0 saturated carbocycles. The number of furan rings is 1. The van der Waals surface area contributed by atoms with E-state index in [-0.39, 0.29) is 51.4 Å². The van der Waals surface area contributed by atoms with Gasteiger partial charge in [-0.05, 0) is 12.1 Å². The Morgan fingerprint density at radius 2 is 1.79 bits per heavy atom. The number of fused-ring (bicyclic) bond motifs is 1. The molecule has 2 rings (SSSR count). The molecule has 6 heteroatoms. The van der Waals surface area contributed by atoms with Crippen molar-refractivity contribution in [3.8, 4) is 0 Å². The van der Waals surface area contributed by atoms with Crippen LogP contribution in [0.1, 0.15) is 0 Å². The van der Waals surface area contributed by atoms with E-state index in [9.17, 15) is 12.9 Å². The van der Waals surface area contributed by atoms with Gasteiger partial charge in [-0.3, -0.25) is 0 Å². The Morgan fingerprint density at radius 3 is 2.43 bits per heavy atom. The van der Waals surface area contributed by atoms with E-state index in [0.717, 1.165) is 12.1 Å². The Bertz CT molecular complexity index is 437. The van der Waals surface area contributed by atoms with Gasteiger partial charge in [0.05, 0.1) is 6.26 Å². The minimum Gasteiger partial charge on any atom is -0.464 e. The smallest absolute Gasteiger partial charge is 0.464 e. The van der Waals surface area contributed by atoms with Gasteiger partial charge in [0.2, 0.25) is 0 Å². The van der Waals surface area contributed by atoms with Crippen molar-refractivity contribution in [2.75, 3.05) is 0 Å². The molecular formula is C8H5BF3KO. The Kier molecular flexibility index (Phi) is 3.88. The van der Waals surface area contributed by atoms with Gasteiger partial charge in [0.1, 0.15) is 5.58 Å². The van der Waals surface area contributed by atoms with Crippen LogP contribution in [-0.4, -0.2) is 6.98 Å². The van der Waals surface area contributed by atoms with E-state index in [4.69, 9.17) is 4.42 Å². The molecule has 0 aliphatic carbocycles. The van der Waals surface area contributed by atoms with Crippen molar-refractivity contribution in [2.45, 2.75) is 0 Å². The van der Waals surface area contributed by atoms with Gasteiger partial charge in [-0.25, -0.2) is 0 Å². The maximum atomic E-state index is 12.3. The molecule has 0 spiro atoms. The molecule has 2 aromatic rings. The van der Waals surface area contributed by atoms with Crippen LogP contribution in [0.4, 0.5) is 12.9 Å². The molecular weight excluding hydrogens is 219 g/mol. The summed E-state index contributed by atoms with van der Waals surface area (Å²) in [6.07, 6.45) is 1.37. The van der Waals surface area contributed by atoms with Crippen molar-refractivity contribution < 1.29 is 68.7 Å². The molecule has 0 N–H and O–H groups in total. The van der Waals surface area contributed by atoms with Gasteiger partial charge < -0.3 is 17.4 Å². The zero-order chi connectivity index (χ0) is 9.47. The Morgan fingerprint density at radius 1 is 1.07 bits per heavy atom. The third-order valence-electron chi connectivity index (χ3n) is 1.85. The molecule has 0 bridgehead atoms. The fourth-order valence-electron chi connectivity index (χ4n) is 1.19. The van der Waals surface area contributed by atoms with Crippen molar-refractivity contribution in [1.29, 1.82) is 0 Å². The van der Waals surface area contributed by atoms with Crippen LogP contribution in [0.25, 0.3) is 11.0 Å². The van der Waals surface area contributed by atoms with Crippen molar-refractivity contribution in [3.05, 3.63) is 30.5 Å². The zero-order valence-electron chi connectivity index (χ0n) is 7.51. The summed E-state index contributed by atoms with van der Waals surface area (Å²) < 4.78 is 41.7. The molecule has 1 nitrogen and oxygen atoms in total. The Labute approximate surface area is 121 Å². The molecule has 0 atom stereocenters. The molecule has 0 amide bonds. The second kappa shape index (κ2) is 4.40. The van der Waals surface area contributed by atoms with E-state index in [1.54, 1.807) is 0 Å². The summed E-state index contributed by atoms with van der Waals surface area (Å²) in [4.78, 5) is 0. The SMILES string of the molecule is F[B-](F)(F)c1ccc2occc2c1.[K+]. The van der Waals surface area contributed by atoms with Crippen molar-refractivity contribution in [3.63, 3.8) is 0 Å². The first-order valence-corrected chi connectivity index (χ1v) is 3.74. The monoisotopic (exact) mass is 224 g/mol. The van der Waals surface area contributed by atoms with Gasteiger partial charge in [0.15, 0.2) is 0 Å². The standard InChI is InChI=1S/C8H5BF3O.K/c10-9(11,12)7-1-2-8-6(5-7)3-4-13-8;/h1-5H;/q-1;+1. The minimum atomic E-state index is -4.91. The van der Waals surface area contributed by atoms with E-state index in [0.29, 0.717) is 11.0 Å². The summed E-state index contributed by atoms with van der Waals surface area (Å²) in [6.45, 7) is -4.91. The largest absolute Gasteiger partial charge is 1.00 e. The Balaban J connectivity index is 0.000000980. The number of halogens is 3. The predicted octanol–water partition coefficient (Wildman–Crippen LogP) is -0.509. The number of hydrogen-bond acceptors (Lipinski definition) is 1. The first-order valence-electron chi connectivity index (χ1n) is 3.74. The molecule has 1 aromatic carbocycles. The van der Waals surface area contributed by atoms with E-state index in [1.807, 2.05) is 0 Å². The normalized spacial score (nSPS) is 11.4. The molecule has 14 heavy (non-hydrogen) atoms. The summed E-state index contributed by atoms with van der Waals surface area (Å²) in [5, 5.41) is 0.483. The molecule has 0 saturated heterocycles. The summed E-state index contributed by atoms with van der Waals surface area (Å²) in [5.74, 6) is 0. The molecule has 68 valence electrons.